The number of hydrogen-bond acceptors (Lipinski definition) is 8. The lowest BCUT2D eigenvalue weighted by Gasteiger charge is -2.11. The normalized spacial score (nSPS) is 10.2. The van der Waals surface area contributed by atoms with Crippen LogP contribution in [0.15, 0.2) is 59.3 Å². The van der Waals surface area contributed by atoms with Crippen LogP contribution in [0.1, 0.15) is 27.6 Å². The molecule has 0 bridgehead atoms. The first kappa shape index (κ1) is 20.9. The van der Waals surface area contributed by atoms with Crippen LogP contribution in [-0.4, -0.2) is 26.6 Å². The van der Waals surface area contributed by atoms with Crippen LogP contribution in [0.5, 0.6) is 0 Å². The summed E-state index contributed by atoms with van der Waals surface area (Å²) in [6.07, 6.45) is 1.11. The van der Waals surface area contributed by atoms with Crippen LogP contribution in [0, 0.1) is 10.1 Å². The number of nitrogens with zero attached hydrogens (tertiary/aromatic N) is 3. The highest BCUT2D eigenvalue weighted by Gasteiger charge is 2.24. The predicted molar refractivity (Wildman–Crippen MR) is 114 cm³/mol. The molecule has 1 aromatic heterocycles. The molecule has 0 atom stereocenters. The van der Waals surface area contributed by atoms with Crippen LogP contribution in [0.2, 0.25) is 0 Å². The summed E-state index contributed by atoms with van der Waals surface area (Å²) in [6, 6.07) is 13.2. The molecule has 11 heteroatoms. The van der Waals surface area contributed by atoms with E-state index in [2.05, 4.69) is 42.1 Å². The summed E-state index contributed by atoms with van der Waals surface area (Å²) in [6.45, 7) is 1.42. The van der Waals surface area contributed by atoms with Gasteiger partial charge in [0.2, 0.25) is 11.6 Å². The van der Waals surface area contributed by atoms with Crippen molar-refractivity contribution in [2.45, 2.75) is 6.92 Å². The number of ketones is 1. The third kappa shape index (κ3) is 4.75. The molecule has 1 heterocycles. The van der Waals surface area contributed by atoms with Gasteiger partial charge in [0.1, 0.15) is 6.33 Å². The van der Waals surface area contributed by atoms with Crippen molar-refractivity contribution in [1.82, 2.24) is 15.4 Å². The Bertz CT molecular complexity index is 1140. The van der Waals surface area contributed by atoms with Crippen LogP contribution in [-0.2, 0) is 0 Å². The number of benzene rings is 2. The molecule has 0 saturated carbocycles. The average molecular weight is 471 g/mol. The Morgan fingerprint density at radius 1 is 1.07 bits per heavy atom. The predicted octanol–water partition coefficient (Wildman–Crippen LogP) is 3.85. The second-order valence-electron chi connectivity index (χ2n) is 6.00. The third-order valence-corrected chi connectivity index (χ3v) is 4.64. The topological polar surface area (TPSA) is 139 Å². The summed E-state index contributed by atoms with van der Waals surface area (Å²) < 4.78 is 0.564. The summed E-state index contributed by atoms with van der Waals surface area (Å²) in [7, 11) is 0. The van der Waals surface area contributed by atoms with Crippen LogP contribution >= 0.6 is 15.9 Å². The number of anilines is 3. The van der Waals surface area contributed by atoms with Gasteiger partial charge in [0, 0.05) is 15.7 Å². The number of nitro groups is 1. The fourth-order valence-corrected chi connectivity index (χ4v) is 2.98. The lowest BCUT2D eigenvalue weighted by Crippen LogP contribution is -2.30. The zero-order valence-corrected chi connectivity index (χ0v) is 17.1. The average Bonchev–Trinajstić information content (AvgIpc) is 2.72. The molecule has 0 unspecified atom stereocenters. The second kappa shape index (κ2) is 9.09. The fraction of sp³-hybridized carbons (Fsp3) is 0.0526. The maximum Gasteiger partial charge on any atom is 0.355 e. The standard InChI is InChI=1S/C19H15BrN6O4/c1-11(27)12-5-4-6-13(9-12)23-17-16(26(29)30)18(22-10-21-17)24-25-19(28)14-7-2-3-8-15(14)20/h2-10H,1H3,(H,25,28)(H2,21,22,23,24). The molecule has 0 saturated heterocycles. The lowest BCUT2D eigenvalue weighted by atomic mass is 10.1. The smallest absolute Gasteiger partial charge is 0.334 e. The largest absolute Gasteiger partial charge is 0.355 e. The van der Waals surface area contributed by atoms with Crippen LogP contribution in [0.3, 0.4) is 0 Å². The summed E-state index contributed by atoms with van der Waals surface area (Å²) in [4.78, 5) is 42.6. The highest BCUT2D eigenvalue weighted by Crippen LogP contribution is 2.31. The molecule has 0 spiro atoms. The molecule has 0 fully saturated rings. The first-order valence-corrected chi connectivity index (χ1v) is 9.34. The minimum absolute atomic E-state index is 0.103. The van der Waals surface area contributed by atoms with E-state index < -0.39 is 16.5 Å². The van der Waals surface area contributed by atoms with E-state index in [1.165, 1.54) is 6.92 Å². The van der Waals surface area contributed by atoms with E-state index in [1.54, 1.807) is 48.5 Å². The molecule has 3 aromatic rings. The number of rotatable bonds is 7. The van der Waals surface area contributed by atoms with E-state index in [4.69, 9.17) is 0 Å². The Morgan fingerprint density at radius 2 is 1.80 bits per heavy atom. The van der Waals surface area contributed by atoms with Crippen LogP contribution < -0.4 is 16.2 Å². The van der Waals surface area contributed by atoms with Crippen molar-refractivity contribution in [2.75, 3.05) is 10.7 Å². The Morgan fingerprint density at radius 3 is 2.50 bits per heavy atom. The molecule has 10 nitrogen and oxygen atoms in total. The number of aromatic nitrogens is 2. The Labute approximate surface area is 179 Å². The highest BCUT2D eigenvalue weighted by molar-refractivity contribution is 9.10. The number of amides is 1. The van der Waals surface area contributed by atoms with Crippen molar-refractivity contribution >= 4 is 50.6 Å². The molecule has 2 aromatic carbocycles. The first-order chi connectivity index (χ1) is 14.4. The maximum absolute atomic E-state index is 12.3. The summed E-state index contributed by atoms with van der Waals surface area (Å²) in [5.74, 6) is -0.971. The second-order valence-corrected chi connectivity index (χ2v) is 6.85. The minimum Gasteiger partial charge on any atom is -0.334 e. The van der Waals surface area contributed by atoms with Gasteiger partial charge >= 0.3 is 5.69 Å². The van der Waals surface area contributed by atoms with E-state index >= 15 is 0 Å². The van der Waals surface area contributed by atoms with Crippen molar-refractivity contribution in [2.24, 2.45) is 0 Å². The number of halogens is 1. The molecule has 3 N–H and O–H groups in total. The van der Waals surface area contributed by atoms with Crippen molar-refractivity contribution in [1.29, 1.82) is 0 Å². The molecule has 1 amide bonds. The number of carbonyl (C=O) groups is 2. The van der Waals surface area contributed by atoms with Gasteiger partial charge in [0.05, 0.1) is 10.5 Å². The molecule has 30 heavy (non-hydrogen) atoms. The SMILES string of the molecule is CC(=O)c1cccc(Nc2ncnc(NNC(=O)c3ccccc3Br)c2[N+](=O)[O-])c1. The van der Waals surface area contributed by atoms with Gasteiger partial charge in [0.15, 0.2) is 5.78 Å². The van der Waals surface area contributed by atoms with Gasteiger partial charge in [-0.25, -0.2) is 9.97 Å². The van der Waals surface area contributed by atoms with E-state index in [1.807, 2.05) is 0 Å². The molecular formula is C19H15BrN6O4. The van der Waals surface area contributed by atoms with Gasteiger partial charge in [-0.3, -0.25) is 30.6 Å². The van der Waals surface area contributed by atoms with Gasteiger partial charge < -0.3 is 5.32 Å². The Balaban J connectivity index is 1.85. The molecule has 0 aliphatic heterocycles. The zero-order chi connectivity index (χ0) is 21.7. The minimum atomic E-state index is -0.677. The molecular weight excluding hydrogens is 456 g/mol. The monoisotopic (exact) mass is 470 g/mol. The summed E-state index contributed by atoms with van der Waals surface area (Å²) in [5.41, 5.74) is 5.59. The summed E-state index contributed by atoms with van der Waals surface area (Å²) in [5, 5.41) is 14.5. The zero-order valence-electron chi connectivity index (χ0n) is 15.5. The van der Waals surface area contributed by atoms with Crippen molar-refractivity contribution in [3.8, 4) is 0 Å². The highest BCUT2D eigenvalue weighted by atomic mass is 79.9. The number of nitrogens with one attached hydrogen (secondary N) is 3. The van der Waals surface area contributed by atoms with Gasteiger partial charge in [-0.2, -0.15) is 0 Å². The van der Waals surface area contributed by atoms with E-state index in [-0.39, 0.29) is 17.4 Å². The van der Waals surface area contributed by atoms with Crippen LogP contribution in [0.4, 0.5) is 23.0 Å². The van der Waals surface area contributed by atoms with E-state index in [9.17, 15) is 19.7 Å². The number of hydrogen-bond donors (Lipinski definition) is 3. The first-order valence-electron chi connectivity index (χ1n) is 8.55. The van der Waals surface area contributed by atoms with E-state index in [0.29, 0.717) is 21.3 Å². The van der Waals surface area contributed by atoms with E-state index in [0.717, 1.165) is 6.33 Å². The fourth-order valence-electron chi connectivity index (χ4n) is 2.52. The van der Waals surface area contributed by atoms with Gasteiger partial charge in [-0.05, 0) is 47.1 Å². The quantitative estimate of drug-likeness (QED) is 0.268. The van der Waals surface area contributed by atoms with Gasteiger partial charge in [0.25, 0.3) is 5.91 Å². The van der Waals surface area contributed by atoms with Crippen molar-refractivity contribution in [3.05, 3.63) is 80.6 Å². The van der Waals surface area contributed by atoms with Crippen molar-refractivity contribution in [3.63, 3.8) is 0 Å². The number of Topliss-reactive ketones (excluding diaryl/α,β-unsaturated/α-hetero) is 1. The Hall–Kier alpha value is -3.86. The number of hydrazine groups is 1. The lowest BCUT2D eigenvalue weighted by molar-refractivity contribution is -0.383. The van der Waals surface area contributed by atoms with Crippen LogP contribution in [0.25, 0.3) is 0 Å². The molecule has 152 valence electrons. The molecule has 3 rings (SSSR count). The van der Waals surface area contributed by atoms with Crippen molar-refractivity contribution < 1.29 is 14.5 Å². The Kier molecular flexibility index (Phi) is 6.32. The number of carbonyl (C=O) groups excluding carboxylic acids is 2. The molecule has 0 aliphatic rings. The molecule has 0 radical (unpaired) electrons. The van der Waals surface area contributed by atoms with Gasteiger partial charge in [-0.15, -0.1) is 0 Å². The molecule has 0 aliphatic carbocycles. The maximum atomic E-state index is 12.3. The third-order valence-electron chi connectivity index (χ3n) is 3.95. The summed E-state index contributed by atoms with van der Waals surface area (Å²) >= 11 is 3.27. The van der Waals surface area contributed by atoms with Gasteiger partial charge in [-0.1, -0.05) is 24.3 Å².